The van der Waals surface area contributed by atoms with Gasteiger partial charge in [-0.05, 0) is 30.3 Å². The van der Waals surface area contributed by atoms with Crippen molar-refractivity contribution in [2.24, 2.45) is 5.10 Å². The van der Waals surface area contributed by atoms with Gasteiger partial charge >= 0.3 is 5.97 Å². The highest BCUT2D eigenvalue weighted by atomic mass is 19.1. The first-order valence-corrected chi connectivity index (χ1v) is 5.36. The topological polar surface area (TPSA) is 61.7 Å². The van der Waals surface area contributed by atoms with Crippen molar-refractivity contribution < 1.29 is 14.3 Å². The van der Waals surface area contributed by atoms with Gasteiger partial charge in [-0.3, -0.25) is 5.43 Å². The van der Waals surface area contributed by atoms with E-state index in [1.165, 1.54) is 42.6 Å². The molecule has 5 heteroatoms. The van der Waals surface area contributed by atoms with Crippen LogP contribution >= 0.6 is 0 Å². The molecule has 0 saturated heterocycles. The number of benzene rings is 1. The average Bonchev–Trinajstić information content (AvgIpc) is 2.39. The highest BCUT2D eigenvalue weighted by Gasteiger charge is 2.16. The van der Waals surface area contributed by atoms with E-state index < -0.39 is 11.8 Å². The largest absolute Gasteiger partial charge is 0.478 e. The standard InChI is InChI=1S/C14H13FN2O2/c1-3-5-12(14(18)19)13(17-16-4-2)10-6-8-11(15)9-7-10/h3-9,16H,1-2H2,(H,18,19)/b12-5-,17-13-. The maximum absolute atomic E-state index is 12.9. The number of hydrogen-bond acceptors (Lipinski definition) is 3. The third kappa shape index (κ3) is 3.92. The molecule has 2 N–H and O–H groups in total. The Morgan fingerprint density at radius 1 is 1.32 bits per heavy atom. The van der Waals surface area contributed by atoms with Crippen LogP contribution in [0.4, 0.5) is 4.39 Å². The molecular formula is C14H13FN2O2. The van der Waals surface area contributed by atoms with Gasteiger partial charge in [0.15, 0.2) is 0 Å². The van der Waals surface area contributed by atoms with Gasteiger partial charge in [0.25, 0.3) is 0 Å². The van der Waals surface area contributed by atoms with Gasteiger partial charge in [-0.1, -0.05) is 19.2 Å². The second-order valence-corrected chi connectivity index (χ2v) is 3.42. The molecule has 0 atom stereocenters. The van der Waals surface area contributed by atoms with E-state index in [4.69, 9.17) is 5.11 Å². The minimum Gasteiger partial charge on any atom is -0.478 e. The minimum atomic E-state index is -1.16. The summed E-state index contributed by atoms with van der Waals surface area (Å²) >= 11 is 0. The third-order valence-corrected chi connectivity index (χ3v) is 2.16. The fourth-order valence-electron chi connectivity index (χ4n) is 1.37. The fraction of sp³-hybridized carbons (Fsp3) is 0. The fourth-order valence-corrected chi connectivity index (χ4v) is 1.37. The minimum absolute atomic E-state index is 0.0593. The Labute approximate surface area is 110 Å². The number of halogens is 1. The molecule has 0 spiro atoms. The van der Waals surface area contributed by atoms with Crippen molar-refractivity contribution >= 4 is 11.7 Å². The van der Waals surface area contributed by atoms with E-state index in [1.54, 1.807) is 0 Å². The number of nitrogens with zero attached hydrogens (tertiary/aromatic N) is 1. The van der Waals surface area contributed by atoms with Crippen LogP contribution in [0, 0.1) is 5.82 Å². The lowest BCUT2D eigenvalue weighted by molar-refractivity contribution is -0.132. The van der Waals surface area contributed by atoms with Crippen LogP contribution in [0.3, 0.4) is 0 Å². The van der Waals surface area contributed by atoms with Crippen LogP contribution in [0.5, 0.6) is 0 Å². The predicted molar refractivity (Wildman–Crippen MR) is 72.2 cm³/mol. The lowest BCUT2D eigenvalue weighted by Crippen LogP contribution is -2.16. The maximum Gasteiger partial charge on any atom is 0.337 e. The summed E-state index contributed by atoms with van der Waals surface area (Å²) in [7, 11) is 0. The molecule has 0 aliphatic heterocycles. The third-order valence-electron chi connectivity index (χ3n) is 2.16. The van der Waals surface area contributed by atoms with Gasteiger partial charge in [-0.25, -0.2) is 9.18 Å². The number of hydrogen-bond donors (Lipinski definition) is 2. The predicted octanol–water partition coefficient (Wildman–Crippen LogP) is 2.46. The first-order valence-electron chi connectivity index (χ1n) is 5.36. The number of rotatable bonds is 6. The van der Waals surface area contributed by atoms with Crippen LogP contribution in [-0.4, -0.2) is 16.8 Å². The molecule has 0 bridgehead atoms. The van der Waals surface area contributed by atoms with Crippen molar-refractivity contribution in [2.45, 2.75) is 0 Å². The summed E-state index contributed by atoms with van der Waals surface area (Å²) in [5.74, 6) is -1.57. The lowest BCUT2D eigenvalue weighted by atomic mass is 10.0. The van der Waals surface area contributed by atoms with E-state index in [1.807, 2.05) is 0 Å². The second-order valence-electron chi connectivity index (χ2n) is 3.42. The molecule has 0 amide bonds. The molecule has 0 radical (unpaired) electrons. The Balaban J connectivity index is 3.32. The van der Waals surface area contributed by atoms with Crippen molar-refractivity contribution in [3.63, 3.8) is 0 Å². The van der Waals surface area contributed by atoms with Gasteiger partial charge in [0.05, 0.1) is 5.57 Å². The Hall–Kier alpha value is -2.69. The Morgan fingerprint density at radius 3 is 2.42 bits per heavy atom. The van der Waals surface area contributed by atoms with Crippen molar-refractivity contribution in [1.29, 1.82) is 0 Å². The molecule has 98 valence electrons. The Bertz CT molecular complexity index is 545. The molecule has 1 aromatic rings. The molecule has 4 nitrogen and oxygen atoms in total. The smallest absolute Gasteiger partial charge is 0.337 e. The summed E-state index contributed by atoms with van der Waals surface area (Å²) in [6.45, 7) is 6.88. The van der Waals surface area contributed by atoms with Crippen molar-refractivity contribution in [3.8, 4) is 0 Å². The van der Waals surface area contributed by atoms with Crippen molar-refractivity contribution in [3.05, 3.63) is 72.7 Å². The van der Waals surface area contributed by atoms with Crippen LogP contribution in [0.15, 0.2) is 66.4 Å². The zero-order valence-electron chi connectivity index (χ0n) is 10.1. The summed E-state index contributed by atoms with van der Waals surface area (Å²) < 4.78 is 12.9. The highest BCUT2D eigenvalue weighted by Crippen LogP contribution is 2.11. The molecule has 19 heavy (non-hydrogen) atoms. The van der Waals surface area contributed by atoms with E-state index in [-0.39, 0.29) is 11.3 Å². The monoisotopic (exact) mass is 260 g/mol. The van der Waals surface area contributed by atoms with Crippen LogP contribution < -0.4 is 5.43 Å². The molecule has 0 heterocycles. The van der Waals surface area contributed by atoms with E-state index >= 15 is 0 Å². The molecule has 1 aromatic carbocycles. The van der Waals surface area contributed by atoms with Gasteiger partial charge in [-0.2, -0.15) is 5.10 Å². The number of aliphatic carboxylic acids is 1. The second kappa shape index (κ2) is 6.90. The van der Waals surface area contributed by atoms with Crippen LogP contribution in [0.1, 0.15) is 5.56 Å². The molecular weight excluding hydrogens is 247 g/mol. The Kier molecular flexibility index (Phi) is 5.22. The SMILES string of the molecule is C=C/C=C(C(=O)O)/C(=N\NC=C)c1ccc(F)cc1. The van der Waals surface area contributed by atoms with E-state index in [0.29, 0.717) is 5.56 Å². The number of allylic oxidation sites excluding steroid dienone is 2. The Morgan fingerprint density at radius 2 is 1.95 bits per heavy atom. The summed E-state index contributed by atoms with van der Waals surface area (Å²) in [4.78, 5) is 11.2. The summed E-state index contributed by atoms with van der Waals surface area (Å²) in [5.41, 5.74) is 3.04. The average molecular weight is 260 g/mol. The van der Waals surface area contributed by atoms with Gasteiger partial charge in [0, 0.05) is 11.8 Å². The van der Waals surface area contributed by atoms with Gasteiger partial charge in [0.2, 0.25) is 0 Å². The molecule has 0 saturated carbocycles. The summed E-state index contributed by atoms with van der Waals surface area (Å²) in [5, 5.41) is 13.1. The zero-order valence-corrected chi connectivity index (χ0v) is 10.1. The molecule has 0 aliphatic carbocycles. The van der Waals surface area contributed by atoms with Gasteiger partial charge < -0.3 is 5.11 Å². The number of carboxylic acid groups (broad SMARTS) is 1. The van der Waals surface area contributed by atoms with Gasteiger partial charge in [-0.15, -0.1) is 0 Å². The molecule has 1 rings (SSSR count). The molecule has 0 fully saturated rings. The molecule has 0 aliphatic rings. The van der Waals surface area contributed by atoms with E-state index in [0.717, 1.165) is 0 Å². The highest BCUT2D eigenvalue weighted by molar-refractivity contribution is 6.26. The molecule has 0 aromatic heterocycles. The quantitative estimate of drug-likeness (QED) is 0.357. The number of carbonyl (C=O) groups is 1. The van der Waals surface area contributed by atoms with Crippen LogP contribution in [-0.2, 0) is 4.79 Å². The number of carboxylic acids is 1. The van der Waals surface area contributed by atoms with Crippen LogP contribution in [0.25, 0.3) is 0 Å². The number of nitrogens with one attached hydrogen (secondary N) is 1. The summed E-state index contributed by atoms with van der Waals surface area (Å²) in [6, 6.07) is 5.34. The zero-order chi connectivity index (χ0) is 14.3. The van der Waals surface area contributed by atoms with E-state index in [2.05, 4.69) is 23.7 Å². The molecule has 0 unspecified atom stereocenters. The first kappa shape index (κ1) is 14.4. The van der Waals surface area contributed by atoms with Crippen molar-refractivity contribution in [1.82, 2.24) is 5.43 Å². The summed E-state index contributed by atoms with van der Waals surface area (Å²) in [6.07, 6.45) is 3.96. The van der Waals surface area contributed by atoms with E-state index in [9.17, 15) is 9.18 Å². The first-order chi connectivity index (χ1) is 9.10. The van der Waals surface area contributed by atoms with Crippen LogP contribution in [0.2, 0.25) is 0 Å². The lowest BCUT2D eigenvalue weighted by Gasteiger charge is -2.07. The maximum atomic E-state index is 12.9. The van der Waals surface area contributed by atoms with Crippen molar-refractivity contribution in [2.75, 3.05) is 0 Å². The number of hydrazone groups is 1. The van der Waals surface area contributed by atoms with Gasteiger partial charge in [0.1, 0.15) is 11.5 Å². The normalized spacial score (nSPS) is 11.8.